The lowest BCUT2D eigenvalue weighted by atomic mass is 10.1. The van der Waals surface area contributed by atoms with Gasteiger partial charge in [0.25, 0.3) is 0 Å². The van der Waals surface area contributed by atoms with Gasteiger partial charge in [0.15, 0.2) is 5.78 Å². The van der Waals surface area contributed by atoms with Crippen molar-refractivity contribution < 1.29 is 18.0 Å². The molecule has 0 radical (unpaired) electrons. The molecule has 0 aliphatic rings. The lowest BCUT2D eigenvalue weighted by molar-refractivity contribution is -0.138. The lowest BCUT2D eigenvalue weighted by Crippen LogP contribution is -2.25. The number of carbonyl (C=O) groups is 1. The predicted octanol–water partition coefficient (Wildman–Crippen LogP) is 1.51. The quantitative estimate of drug-likeness (QED) is 0.494. The van der Waals surface area contributed by atoms with Gasteiger partial charge in [-0.1, -0.05) is 5.92 Å². The van der Waals surface area contributed by atoms with Gasteiger partial charge in [0.05, 0.1) is 18.7 Å². The normalized spacial score (nSPS) is 10.9. The van der Waals surface area contributed by atoms with Crippen molar-refractivity contribution in [3.8, 4) is 12.3 Å². The maximum Gasteiger partial charge on any atom is 0.417 e. The third kappa shape index (κ3) is 3.57. The number of terminal acetylenes is 1. The molecule has 0 fully saturated rings. The molecule has 0 saturated carbocycles. The average Bonchev–Trinajstić information content (AvgIpc) is 2.28. The van der Waals surface area contributed by atoms with Crippen LogP contribution in [0.4, 0.5) is 13.2 Å². The Morgan fingerprint density at radius 1 is 1.53 bits per heavy atom. The molecule has 1 rings (SSSR count). The summed E-state index contributed by atoms with van der Waals surface area (Å²) in [6.07, 6.45) is 2.27. The van der Waals surface area contributed by atoms with Gasteiger partial charge in [-0.15, -0.1) is 6.42 Å². The molecule has 0 amide bonds. The van der Waals surface area contributed by atoms with Crippen molar-refractivity contribution in [2.45, 2.75) is 6.18 Å². The highest BCUT2D eigenvalue weighted by atomic mass is 19.4. The van der Waals surface area contributed by atoms with Crippen molar-refractivity contribution in [2.24, 2.45) is 0 Å². The largest absolute Gasteiger partial charge is 0.417 e. The highest BCUT2D eigenvalue weighted by Crippen LogP contribution is 2.31. The summed E-state index contributed by atoms with van der Waals surface area (Å²) in [4.78, 5) is 15.0. The van der Waals surface area contributed by atoms with Crippen LogP contribution < -0.4 is 5.32 Å². The van der Waals surface area contributed by atoms with Crippen LogP contribution in [0.25, 0.3) is 0 Å². The number of hydrogen-bond donors (Lipinski definition) is 1. The van der Waals surface area contributed by atoms with Crippen molar-refractivity contribution >= 4 is 5.78 Å². The zero-order chi connectivity index (χ0) is 12.9. The monoisotopic (exact) mass is 242 g/mol. The topological polar surface area (TPSA) is 42.0 Å². The number of nitrogens with zero attached hydrogens (tertiary/aromatic N) is 1. The zero-order valence-corrected chi connectivity index (χ0v) is 8.71. The van der Waals surface area contributed by atoms with E-state index >= 15 is 0 Å². The van der Waals surface area contributed by atoms with Gasteiger partial charge in [-0.3, -0.25) is 15.1 Å². The highest BCUT2D eigenvalue weighted by molar-refractivity contribution is 5.98. The third-order valence-electron chi connectivity index (χ3n) is 1.94. The molecule has 6 heteroatoms. The number of alkyl halides is 3. The molecular weight excluding hydrogens is 233 g/mol. The number of aromatic nitrogens is 1. The predicted molar refractivity (Wildman–Crippen MR) is 55.3 cm³/mol. The van der Waals surface area contributed by atoms with Crippen LogP contribution in [0, 0.1) is 12.3 Å². The minimum Gasteiger partial charge on any atom is -0.299 e. The molecular formula is C11H9F3N2O. The smallest absolute Gasteiger partial charge is 0.299 e. The summed E-state index contributed by atoms with van der Waals surface area (Å²) in [6, 6.07) is 0.772. The van der Waals surface area contributed by atoms with Crippen molar-refractivity contribution in [2.75, 3.05) is 13.1 Å². The Kier molecular flexibility index (Phi) is 4.24. The number of ketones is 1. The summed E-state index contributed by atoms with van der Waals surface area (Å²) in [5, 5.41) is 2.53. The SMILES string of the molecule is C#CCNCC(=O)c1cnccc1C(F)(F)F. The second-order valence-corrected chi connectivity index (χ2v) is 3.15. The first-order valence-electron chi connectivity index (χ1n) is 4.65. The first-order valence-corrected chi connectivity index (χ1v) is 4.65. The van der Waals surface area contributed by atoms with Gasteiger partial charge in [0.2, 0.25) is 0 Å². The molecule has 0 unspecified atom stereocenters. The zero-order valence-electron chi connectivity index (χ0n) is 8.71. The van der Waals surface area contributed by atoms with Crippen LogP contribution in [-0.4, -0.2) is 23.9 Å². The minimum atomic E-state index is -4.57. The van der Waals surface area contributed by atoms with E-state index in [0.717, 1.165) is 18.5 Å². The molecule has 17 heavy (non-hydrogen) atoms. The standard InChI is InChI=1S/C11H9F3N2O/c1-2-4-15-7-10(17)8-6-16-5-3-9(8)11(12,13)14/h1,3,5-6,15H,4,7H2. The Hall–Kier alpha value is -1.87. The van der Waals surface area contributed by atoms with Crippen LogP contribution in [-0.2, 0) is 6.18 Å². The van der Waals surface area contributed by atoms with E-state index in [-0.39, 0.29) is 13.1 Å². The number of Topliss-reactive ketones (excluding diaryl/α,β-unsaturated/α-hetero) is 1. The first-order chi connectivity index (χ1) is 7.96. The number of nitrogens with one attached hydrogen (secondary N) is 1. The molecule has 1 heterocycles. The first kappa shape index (κ1) is 13.2. The molecule has 1 N–H and O–H groups in total. The van der Waals surface area contributed by atoms with Gasteiger partial charge in [-0.05, 0) is 6.07 Å². The Bertz CT molecular complexity index is 449. The molecule has 0 saturated heterocycles. The van der Waals surface area contributed by atoms with E-state index in [1.807, 2.05) is 0 Å². The molecule has 3 nitrogen and oxygen atoms in total. The van der Waals surface area contributed by atoms with Crippen LogP contribution in [0.1, 0.15) is 15.9 Å². The van der Waals surface area contributed by atoms with E-state index in [1.165, 1.54) is 0 Å². The van der Waals surface area contributed by atoms with Gasteiger partial charge in [0, 0.05) is 18.0 Å². The summed E-state index contributed by atoms with van der Waals surface area (Å²) in [7, 11) is 0. The summed E-state index contributed by atoms with van der Waals surface area (Å²) >= 11 is 0. The lowest BCUT2D eigenvalue weighted by Gasteiger charge is -2.11. The van der Waals surface area contributed by atoms with Crippen molar-refractivity contribution in [3.63, 3.8) is 0 Å². The Morgan fingerprint density at radius 3 is 2.82 bits per heavy atom. The summed E-state index contributed by atoms with van der Waals surface area (Å²) < 4.78 is 37.7. The van der Waals surface area contributed by atoms with E-state index in [1.54, 1.807) is 0 Å². The van der Waals surface area contributed by atoms with E-state index < -0.39 is 23.1 Å². The third-order valence-corrected chi connectivity index (χ3v) is 1.94. The second kappa shape index (κ2) is 5.46. The molecule has 1 aromatic rings. The molecule has 0 bridgehead atoms. The maximum absolute atomic E-state index is 12.6. The van der Waals surface area contributed by atoms with E-state index in [0.29, 0.717) is 0 Å². The Morgan fingerprint density at radius 2 is 2.24 bits per heavy atom. The average molecular weight is 242 g/mol. The number of pyridine rings is 1. The Balaban J connectivity index is 2.91. The molecule has 0 atom stereocenters. The Labute approximate surface area is 96.0 Å². The number of rotatable bonds is 4. The van der Waals surface area contributed by atoms with Crippen LogP contribution in [0.5, 0.6) is 0 Å². The molecule has 0 aromatic carbocycles. The van der Waals surface area contributed by atoms with Crippen LogP contribution in [0.2, 0.25) is 0 Å². The van der Waals surface area contributed by atoms with E-state index in [9.17, 15) is 18.0 Å². The van der Waals surface area contributed by atoms with E-state index in [2.05, 4.69) is 16.2 Å². The molecule has 0 aliphatic carbocycles. The van der Waals surface area contributed by atoms with Crippen LogP contribution in [0.15, 0.2) is 18.5 Å². The van der Waals surface area contributed by atoms with Gasteiger partial charge in [-0.2, -0.15) is 13.2 Å². The summed E-state index contributed by atoms with van der Waals surface area (Å²) in [6.45, 7) is -0.133. The molecule has 0 aliphatic heterocycles. The van der Waals surface area contributed by atoms with Gasteiger partial charge in [-0.25, -0.2) is 0 Å². The van der Waals surface area contributed by atoms with Gasteiger partial charge < -0.3 is 0 Å². The van der Waals surface area contributed by atoms with Crippen molar-refractivity contribution in [1.29, 1.82) is 0 Å². The molecule has 1 aromatic heterocycles. The fraction of sp³-hybridized carbons (Fsp3) is 0.273. The van der Waals surface area contributed by atoms with Crippen LogP contribution in [0.3, 0.4) is 0 Å². The molecule has 90 valence electrons. The van der Waals surface area contributed by atoms with Gasteiger partial charge >= 0.3 is 6.18 Å². The highest BCUT2D eigenvalue weighted by Gasteiger charge is 2.34. The van der Waals surface area contributed by atoms with Gasteiger partial charge in [0.1, 0.15) is 0 Å². The summed E-state index contributed by atoms with van der Waals surface area (Å²) in [5.74, 6) is 1.52. The fourth-order valence-electron chi connectivity index (χ4n) is 1.21. The fourth-order valence-corrected chi connectivity index (χ4v) is 1.21. The molecule has 0 spiro atoms. The number of carbonyl (C=O) groups excluding carboxylic acids is 1. The van der Waals surface area contributed by atoms with Crippen molar-refractivity contribution in [3.05, 3.63) is 29.6 Å². The minimum absolute atomic E-state index is 0.118. The second-order valence-electron chi connectivity index (χ2n) is 3.15. The van der Waals surface area contributed by atoms with Crippen molar-refractivity contribution in [1.82, 2.24) is 10.3 Å². The summed E-state index contributed by atoms with van der Waals surface area (Å²) in [5.41, 5.74) is -1.44. The maximum atomic E-state index is 12.6. The number of halogens is 3. The van der Waals surface area contributed by atoms with Crippen LogP contribution >= 0.6 is 0 Å². The number of hydrogen-bond acceptors (Lipinski definition) is 3. The van der Waals surface area contributed by atoms with E-state index in [4.69, 9.17) is 6.42 Å².